The average molecular weight is 1140 g/mol. The largest absolute Gasteiger partial charge is 0.508 e. The molecular weight excluding hydrogens is 1090 g/mol. The van der Waals surface area contributed by atoms with Gasteiger partial charge in [-0.15, -0.1) is 0 Å². The van der Waals surface area contributed by atoms with E-state index in [-0.39, 0.29) is 72.9 Å². The molecule has 420 valence electrons. The third-order valence-corrected chi connectivity index (χ3v) is 14.7. The Kier molecular flexibility index (Phi) is 17.2. The lowest BCUT2D eigenvalue weighted by atomic mass is 9.85. The first-order valence-corrected chi connectivity index (χ1v) is 25.9. The molecule has 11 bridgehead atoms. The number of benzene rings is 5. The molecule has 0 saturated carbocycles. The van der Waals surface area contributed by atoms with Crippen molar-refractivity contribution in [1.82, 2.24) is 21.3 Å². The second kappa shape index (κ2) is 23.9. The van der Waals surface area contributed by atoms with Crippen LogP contribution in [-0.4, -0.2) is 90.3 Å². The van der Waals surface area contributed by atoms with Crippen LogP contribution in [0.15, 0.2) is 78.9 Å². The molecule has 0 spiro atoms. The number of Topliss-reactive ketones (excluding diaryl/α,β-unsaturated/α-hetero) is 2. The van der Waals surface area contributed by atoms with Crippen molar-refractivity contribution < 1.29 is 83.2 Å². The van der Waals surface area contributed by atoms with Gasteiger partial charge in [-0.1, -0.05) is 62.2 Å². The molecular formula is C56H55Cl2N5O17. The van der Waals surface area contributed by atoms with Crippen LogP contribution < -0.4 is 36.5 Å². The topological polar surface area (TPSA) is 360 Å². The fourth-order valence-corrected chi connectivity index (χ4v) is 10.5. The van der Waals surface area contributed by atoms with E-state index in [0.717, 1.165) is 36.4 Å². The van der Waals surface area contributed by atoms with Gasteiger partial charge in [0.05, 0.1) is 21.9 Å². The van der Waals surface area contributed by atoms with Gasteiger partial charge in [-0.3, -0.25) is 38.4 Å². The normalized spacial score (nSPS) is 22.6. The number of fused-ring (bicyclic) bond motifs is 15. The summed E-state index contributed by atoms with van der Waals surface area (Å²) >= 11 is 13.6. The van der Waals surface area contributed by atoms with Crippen molar-refractivity contribution in [3.05, 3.63) is 117 Å². The number of carbonyl (C=O) groups is 8. The lowest BCUT2D eigenvalue weighted by Gasteiger charge is -2.31. The van der Waals surface area contributed by atoms with E-state index >= 15 is 9.59 Å². The van der Waals surface area contributed by atoms with Crippen molar-refractivity contribution in [3.8, 4) is 57.1 Å². The number of amides is 5. The van der Waals surface area contributed by atoms with Gasteiger partial charge in [0.1, 0.15) is 59.1 Å². The number of hydrogen-bond donors (Lipinski definition) is 11. The summed E-state index contributed by atoms with van der Waals surface area (Å²) in [7, 11) is 0. The van der Waals surface area contributed by atoms with E-state index in [1.807, 2.05) is 13.8 Å². The molecule has 5 aliphatic heterocycles. The quantitative estimate of drug-likeness (QED) is 0.0770. The number of ketones is 2. The van der Waals surface area contributed by atoms with Crippen LogP contribution in [0.5, 0.6) is 46.0 Å². The fourth-order valence-electron chi connectivity index (χ4n) is 10.0. The van der Waals surface area contributed by atoms with E-state index in [0.29, 0.717) is 12.8 Å². The highest BCUT2D eigenvalue weighted by atomic mass is 35.5. The molecule has 5 heterocycles. The van der Waals surface area contributed by atoms with Crippen molar-refractivity contribution in [1.29, 1.82) is 0 Å². The third-order valence-electron chi connectivity index (χ3n) is 14.1. The lowest BCUT2D eigenvalue weighted by molar-refractivity contribution is -0.142. The van der Waals surface area contributed by atoms with Crippen LogP contribution >= 0.6 is 23.2 Å². The van der Waals surface area contributed by atoms with Gasteiger partial charge in [0.2, 0.25) is 41.5 Å². The average Bonchev–Trinajstić information content (AvgIpc) is 3.54. The van der Waals surface area contributed by atoms with E-state index < -0.39 is 149 Å². The minimum Gasteiger partial charge on any atom is -0.508 e. The Balaban J connectivity index is 1.36. The number of phenolic OH excluding ortho intramolecular Hbond substituents is 4. The summed E-state index contributed by atoms with van der Waals surface area (Å²) in [5.74, 6) is -15.3. The zero-order valence-corrected chi connectivity index (χ0v) is 44.4. The molecule has 5 aliphatic rings. The summed E-state index contributed by atoms with van der Waals surface area (Å²) in [6, 6.07) is 9.28. The van der Waals surface area contributed by atoms with E-state index in [9.17, 15) is 59.4 Å². The Morgan fingerprint density at radius 3 is 1.95 bits per heavy atom. The van der Waals surface area contributed by atoms with Gasteiger partial charge in [0, 0.05) is 47.9 Å². The predicted octanol–water partition coefficient (Wildman–Crippen LogP) is 5.86. The van der Waals surface area contributed by atoms with E-state index in [1.54, 1.807) is 6.92 Å². The molecule has 5 aromatic rings. The number of aliphatic hydroxyl groups excluding tert-OH is 2. The molecule has 9 atom stereocenters. The van der Waals surface area contributed by atoms with Crippen LogP contribution in [-0.2, 0) is 43.1 Å². The molecule has 0 saturated heterocycles. The smallest absolute Gasteiger partial charge is 0.295 e. The number of phenols is 4. The number of nitrogens with one attached hydrogen (secondary N) is 4. The molecule has 0 aliphatic carbocycles. The van der Waals surface area contributed by atoms with Crippen LogP contribution in [0, 0.1) is 17.8 Å². The molecule has 0 aromatic heterocycles. The van der Waals surface area contributed by atoms with E-state index in [1.165, 1.54) is 42.5 Å². The number of rotatable bonds is 9. The second-order valence-electron chi connectivity index (χ2n) is 20.1. The monoisotopic (exact) mass is 1140 g/mol. The number of nitrogens with two attached hydrogens (primary N) is 1. The van der Waals surface area contributed by atoms with Crippen LogP contribution in [0.25, 0.3) is 11.1 Å². The van der Waals surface area contributed by atoms with Crippen molar-refractivity contribution in [2.24, 2.45) is 23.5 Å². The van der Waals surface area contributed by atoms with Gasteiger partial charge < -0.3 is 71.9 Å². The van der Waals surface area contributed by atoms with E-state index in [4.69, 9.17) is 43.1 Å². The first-order chi connectivity index (χ1) is 38.0. The van der Waals surface area contributed by atoms with Gasteiger partial charge in [-0.2, -0.15) is 0 Å². The molecule has 10 rings (SSSR count). The number of carbonyl (C=O) groups excluding carboxylic acids is 8. The first-order valence-electron chi connectivity index (χ1n) is 25.2. The molecule has 0 fully saturated rings. The number of aliphatic hydroxyl groups is 2. The van der Waals surface area contributed by atoms with Crippen molar-refractivity contribution in [2.75, 3.05) is 0 Å². The first kappa shape index (κ1) is 57.7. The van der Waals surface area contributed by atoms with Crippen LogP contribution in [0.1, 0.15) is 111 Å². The van der Waals surface area contributed by atoms with Gasteiger partial charge in [0.25, 0.3) is 6.47 Å². The Morgan fingerprint density at radius 1 is 0.738 bits per heavy atom. The zero-order chi connectivity index (χ0) is 58.0. The third kappa shape index (κ3) is 12.2. The SMILES string of the molecule is CC[C@H](CC(C)C)C(=O)NC1C(=O)C[C@@H](CC(N)=O)C(=O)N[C@H]2C(=O)C[C@H]3C(=O)N[C@H](C(=O)N[C@@H](OC=O)c4cc(O)cc(O)c4-c4cc3ccc4O)[C@H](O)c3ccc(c(Cl)c3)Oc3cc2cc(c3O)Oc2ccc(cc2Cl)[C@H]1O. The van der Waals surface area contributed by atoms with Crippen molar-refractivity contribution in [2.45, 2.75) is 95.4 Å². The van der Waals surface area contributed by atoms with Crippen LogP contribution in [0.4, 0.5) is 0 Å². The predicted molar refractivity (Wildman–Crippen MR) is 283 cm³/mol. The maximum absolute atomic E-state index is 15.5. The fraction of sp³-hybridized carbons (Fsp3) is 0.321. The zero-order valence-electron chi connectivity index (χ0n) is 42.9. The van der Waals surface area contributed by atoms with Crippen molar-refractivity contribution in [3.63, 3.8) is 0 Å². The molecule has 5 amide bonds. The summed E-state index contributed by atoms with van der Waals surface area (Å²) in [6.45, 7) is 5.50. The standard InChI is InChI=1S/C56H55Cl2N5O17/c1-4-24(11-23(2)3)52(74)61-47-38(68)15-29(18-44(59)70)53(75)60-46-28-16-42(79-40-9-6-26(49(47)71)13-34(40)57)51(73)43(17-28)80-41-10-7-27(14-35(41)58)50(72)48-55(77)63-56(78-22-64)33-19-30(65)20-37(67)45(33)32-12-25(5-8-36(32)66)31(21-39(46)69)54(76)62-48/h5-10,12-14,16-17,19-20,22-24,29,31,46-50,56,65-67,71-73H,4,11,15,18,21H2,1-3H3,(H2,59,70)(H,60,75)(H,61,74)(H,62,76)(H,63,77)/t24-,29+,31-,46-,47?,48+,49-,50-,56+/m1/s1. The number of hydrogen-bond acceptors (Lipinski definition) is 17. The van der Waals surface area contributed by atoms with Crippen LogP contribution in [0.3, 0.4) is 0 Å². The molecule has 22 nitrogen and oxygen atoms in total. The number of halogens is 2. The molecule has 1 unspecified atom stereocenters. The molecule has 5 aromatic carbocycles. The summed E-state index contributed by atoms with van der Waals surface area (Å²) in [5.41, 5.74) is 4.28. The van der Waals surface area contributed by atoms with Crippen molar-refractivity contribution >= 4 is 70.8 Å². The molecule has 0 radical (unpaired) electrons. The van der Waals surface area contributed by atoms with E-state index in [2.05, 4.69) is 21.3 Å². The van der Waals surface area contributed by atoms with Gasteiger partial charge in [0.15, 0.2) is 23.1 Å². The summed E-state index contributed by atoms with van der Waals surface area (Å²) in [5, 5.41) is 79.0. The molecule has 12 N–H and O–H groups in total. The highest BCUT2D eigenvalue weighted by molar-refractivity contribution is 6.32. The molecule has 80 heavy (non-hydrogen) atoms. The summed E-state index contributed by atoms with van der Waals surface area (Å²) < 4.78 is 17.6. The summed E-state index contributed by atoms with van der Waals surface area (Å²) in [4.78, 5) is 113. The Morgan fingerprint density at radius 2 is 1.36 bits per heavy atom. The minimum atomic E-state index is -2.05. The Bertz CT molecular complexity index is 3340. The Labute approximate surface area is 466 Å². The summed E-state index contributed by atoms with van der Waals surface area (Å²) in [6.07, 6.45) is -7.62. The highest BCUT2D eigenvalue weighted by Gasteiger charge is 2.41. The number of ether oxygens (including phenoxy) is 3. The van der Waals surface area contributed by atoms with Gasteiger partial charge in [-0.25, -0.2) is 0 Å². The lowest BCUT2D eigenvalue weighted by Crippen LogP contribution is -2.52. The Hall–Kier alpha value is -8.44. The van der Waals surface area contributed by atoms with Gasteiger partial charge in [-0.05, 0) is 95.6 Å². The molecule has 24 heteroatoms. The second-order valence-corrected chi connectivity index (χ2v) is 20.9. The highest BCUT2D eigenvalue weighted by Crippen LogP contribution is 2.48. The number of primary amides is 1. The maximum atomic E-state index is 15.5. The van der Waals surface area contributed by atoms with Gasteiger partial charge >= 0.3 is 0 Å². The minimum absolute atomic E-state index is 0.00444. The number of aromatic hydroxyl groups is 4. The maximum Gasteiger partial charge on any atom is 0.295 e. The van der Waals surface area contributed by atoms with Crippen LogP contribution in [0.2, 0.25) is 10.0 Å².